The van der Waals surface area contributed by atoms with E-state index in [1.807, 2.05) is 25.7 Å². The van der Waals surface area contributed by atoms with Crippen molar-refractivity contribution in [1.29, 1.82) is 0 Å². The highest BCUT2D eigenvalue weighted by Crippen LogP contribution is 2.36. The normalized spacial score (nSPS) is 22.2. The van der Waals surface area contributed by atoms with Crippen molar-refractivity contribution in [2.24, 2.45) is 5.92 Å². The molecule has 1 aromatic rings. The largest absolute Gasteiger partial charge is 0.460 e. The summed E-state index contributed by atoms with van der Waals surface area (Å²) in [6.45, 7) is 6.60. The van der Waals surface area contributed by atoms with Gasteiger partial charge in [-0.05, 0) is 52.2 Å². The van der Waals surface area contributed by atoms with Crippen molar-refractivity contribution in [3.05, 3.63) is 29.3 Å². The number of piperidine rings is 2. The lowest BCUT2D eigenvalue weighted by Crippen LogP contribution is -2.54. The molecule has 1 aromatic carbocycles. The summed E-state index contributed by atoms with van der Waals surface area (Å²) in [5.74, 6) is -2.51. The summed E-state index contributed by atoms with van der Waals surface area (Å²) in [5, 5.41) is 2.21. The summed E-state index contributed by atoms with van der Waals surface area (Å²) in [6, 6.07) is 4.09. The lowest BCUT2D eigenvalue weighted by Gasteiger charge is -2.34. The van der Waals surface area contributed by atoms with Gasteiger partial charge < -0.3 is 9.64 Å². The first-order valence-electron chi connectivity index (χ1n) is 10.9. The number of nitrogens with one attached hydrogen (secondary N) is 1. The molecule has 4 rings (SSSR count). The van der Waals surface area contributed by atoms with Gasteiger partial charge in [-0.15, -0.1) is 0 Å². The lowest BCUT2D eigenvalue weighted by molar-refractivity contribution is -0.160. The number of ether oxygens (including phenoxy) is 1. The van der Waals surface area contributed by atoms with Gasteiger partial charge in [0.05, 0.1) is 22.7 Å². The van der Waals surface area contributed by atoms with Crippen LogP contribution in [0.25, 0.3) is 0 Å². The second kappa shape index (κ2) is 8.03. The molecule has 1 N–H and O–H groups in total. The maximum atomic E-state index is 13.3. The molecule has 3 aliphatic rings. The van der Waals surface area contributed by atoms with E-state index >= 15 is 0 Å². The van der Waals surface area contributed by atoms with Crippen molar-refractivity contribution in [2.45, 2.75) is 58.1 Å². The Hall–Kier alpha value is -3.23. The standard InChI is InChI=1S/C23H27N3O6/c1-23(2,3)32-22(31)13-9-11-25(12-10-13)15-6-4-5-14-18(15)21(30)26(20(14)29)16-7-8-17(27)24-19(16)28/h4-6,13,16H,7-12H2,1-3H3,(H,24,27,28). The van der Waals surface area contributed by atoms with Crippen molar-refractivity contribution >= 4 is 35.3 Å². The van der Waals surface area contributed by atoms with Crippen LogP contribution in [0.2, 0.25) is 0 Å². The van der Waals surface area contributed by atoms with Gasteiger partial charge in [0.15, 0.2) is 0 Å². The van der Waals surface area contributed by atoms with Gasteiger partial charge in [-0.25, -0.2) is 0 Å². The van der Waals surface area contributed by atoms with Gasteiger partial charge in [-0.2, -0.15) is 0 Å². The van der Waals surface area contributed by atoms with Gasteiger partial charge >= 0.3 is 5.97 Å². The van der Waals surface area contributed by atoms with Crippen LogP contribution in [0.4, 0.5) is 5.69 Å². The molecule has 0 aliphatic carbocycles. The van der Waals surface area contributed by atoms with Gasteiger partial charge in [0.1, 0.15) is 11.6 Å². The molecule has 9 nitrogen and oxygen atoms in total. The number of hydrogen-bond donors (Lipinski definition) is 1. The van der Waals surface area contributed by atoms with Crippen molar-refractivity contribution in [3.63, 3.8) is 0 Å². The number of carbonyl (C=O) groups excluding carboxylic acids is 5. The maximum absolute atomic E-state index is 13.3. The number of fused-ring (bicyclic) bond motifs is 1. The molecular weight excluding hydrogens is 414 g/mol. The third-order valence-corrected chi connectivity index (χ3v) is 6.02. The Labute approximate surface area is 186 Å². The van der Waals surface area contributed by atoms with Crippen molar-refractivity contribution in [3.8, 4) is 0 Å². The molecule has 0 spiro atoms. The minimum atomic E-state index is -0.995. The number of carbonyl (C=O) groups is 5. The molecule has 2 saturated heterocycles. The van der Waals surface area contributed by atoms with Gasteiger partial charge in [0, 0.05) is 19.5 Å². The topological polar surface area (TPSA) is 113 Å². The van der Waals surface area contributed by atoms with E-state index in [0.29, 0.717) is 31.6 Å². The summed E-state index contributed by atoms with van der Waals surface area (Å²) in [6.07, 6.45) is 1.36. The molecule has 2 fully saturated rings. The molecule has 1 atom stereocenters. The summed E-state index contributed by atoms with van der Waals surface area (Å²) in [4.78, 5) is 65.4. The molecular formula is C23H27N3O6. The minimum absolute atomic E-state index is 0.0782. The van der Waals surface area contributed by atoms with E-state index in [9.17, 15) is 24.0 Å². The average molecular weight is 441 g/mol. The molecule has 3 aliphatic heterocycles. The number of esters is 1. The SMILES string of the molecule is CC(C)(C)OC(=O)C1CCN(c2cccc3c2C(=O)N(C2CCC(=O)NC2=O)C3=O)CC1. The Morgan fingerprint density at radius 3 is 2.34 bits per heavy atom. The van der Waals surface area contributed by atoms with Crippen LogP contribution in [0.5, 0.6) is 0 Å². The predicted octanol–water partition coefficient (Wildman–Crippen LogP) is 1.65. The van der Waals surface area contributed by atoms with Crippen LogP contribution in [-0.2, 0) is 19.1 Å². The first kappa shape index (κ1) is 22.0. The van der Waals surface area contributed by atoms with Crippen LogP contribution in [0.3, 0.4) is 0 Å². The van der Waals surface area contributed by atoms with Crippen LogP contribution in [0, 0.1) is 5.92 Å². The van der Waals surface area contributed by atoms with E-state index in [4.69, 9.17) is 4.74 Å². The predicted molar refractivity (Wildman–Crippen MR) is 114 cm³/mol. The number of anilines is 1. The van der Waals surface area contributed by atoms with Crippen LogP contribution in [0.1, 0.15) is 67.2 Å². The van der Waals surface area contributed by atoms with E-state index in [-0.39, 0.29) is 35.9 Å². The van der Waals surface area contributed by atoms with Gasteiger partial charge in [-0.1, -0.05) is 6.07 Å². The third-order valence-electron chi connectivity index (χ3n) is 6.02. The quantitative estimate of drug-likeness (QED) is 0.560. The first-order chi connectivity index (χ1) is 15.1. The molecule has 9 heteroatoms. The Balaban J connectivity index is 1.52. The van der Waals surface area contributed by atoms with E-state index in [1.54, 1.807) is 18.2 Å². The molecule has 3 heterocycles. The van der Waals surface area contributed by atoms with E-state index < -0.39 is 35.3 Å². The van der Waals surface area contributed by atoms with Crippen LogP contribution in [0.15, 0.2) is 18.2 Å². The highest BCUT2D eigenvalue weighted by Gasteiger charge is 2.46. The average Bonchev–Trinajstić information content (AvgIpc) is 2.98. The smallest absolute Gasteiger partial charge is 0.309 e. The molecule has 0 bridgehead atoms. The molecule has 32 heavy (non-hydrogen) atoms. The number of imide groups is 2. The Morgan fingerprint density at radius 2 is 1.72 bits per heavy atom. The summed E-state index contributed by atoms with van der Waals surface area (Å²) in [5.41, 5.74) is 0.614. The van der Waals surface area contributed by atoms with E-state index in [0.717, 1.165) is 4.90 Å². The third kappa shape index (κ3) is 3.99. The summed E-state index contributed by atoms with van der Waals surface area (Å²) in [7, 11) is 0. The second-order valence-corrected chi connectivity index (χ2v) is 9.44. The van der Waals surface area contributed by atoms with Crippen molar-refractivity contribution in [1.82, 2.24) is 10.2 Å². The zero-order valence-corrected chi connectivity index (χ0v) is 18.5. The van der Waals surface area contributed by atoms with Gasteiger partial charge in [0.25, 0.3) is 11.8 Å². The van der Waals surface area contributed by atoms with Gasteiger partial charge in [0.2, 0.25) is 11.8 Å². The molecule has 1 unspecified atom stereocenters. The minimum Gasteiger partial charge on any atom is -0.460 e. The van der Waals surface area contributed by atoms with Crippen LogP contribution >= 0.6 is 0 Å². The number of amides is 4. The number of hydrogen-bond acceptors (Lipinski definition) is 7. The zero-order valence-electron chi connectivity index (χ0n) is 18.5. The number of benzene rings is 1. The van der Waals surface area contributed by atoms with Crippen molar-refractivity contribution < 1.29 is 28.7 Å². The Bertz CT molecular complexity index is 1000. The fourth-order valence-electron chi connectivity index (χ4n) is 4.50. The summed E-state index contributed by atoms with van der Waals surface area (Å²) < 4.78 is 5.50. The second-order valence-electron chi connectivity index (χ2n) is 9.44. The Morgan fingerprint density at radius 1 is 1.03 bits per heavy atom. The van der Waals surface area contributed by atoms with E-state index in [2.05, 4.69) is 5.32 Å². The molecule has 0 aromatic heterocycles. The maximum Gasteiger partial charge on any atom is 0.309 e. The molecule has 0 radical (unpaired) electrons. The van der Waals surface area contributed by atoms with Crippen molar-refractivity contribution in [2.75, 3.05) is 18.0 Å². The highest BCUT2D eigenvalue weighted by atomic mass is 16.6. The molecule has 4 amide bonds. The van der Waals surface area contributed by atoms with Crippen LogP contribution < -0.4 is 10.2 Å². The summed E-state index contributed by atoms with van der Waals surface area (Å²) >= 11 is 0. The highest BCUT2D eigenvalue weighted by molar-refractivity contribution is 6.25. The molecule has 170 valence electrons. The zero-order chi connectivity index (χ0) is 23.2. The van der Waals surface area contributed by atoms with Crippen LogP contribution in [-0.4, -0.2) is 59.2 Å². The Kier molecular flexibility index (Phi) is 5.52. The fourth-order valence-corrected chi connectivity index (χ4v) is 4.50. The lowest BCUT2D eigenvalue weighted by atomic mass is 9.95. The first-order valence-corrected chi connectivity index (χ1v) is 10.9. The van der Waals surface area contributed by atoms with Gasteiger partial charge in [-0.3, -0.25) is 34.2 Å². The fraction of sp³-hybridized carbons (Fsp3) is 0.522. The monoisotopic (exact) mass is 441 g/mol. The molecule has 0 saturated carbocycles. The number of nitrogens with zero attached hydrogens (tertiary/aromatic N) is 2. The number of rotatable bonds is 3. The van der Waals surface area contributed by atoms with E-state index in [1.165, 1.54) is 0 Å².